The summed E-state index contributed by atoms with van der Waals surface area (Å²) in [5, 5.41) is 3.08. The number of carbonyl (C=O) groups is 1. The first-order valence-electron chi connectivity index (χ1n) is 10.7. The van der Waals surface area contributed by atoms with Gasteiger partial charge in [-0.05, 0) is 55.9 Å². The van der Waals surface area contributed by atoms with Crippen LogP contribution in [0.3, 0.4) is 0 Å². The van der Waals surface area contributed by atoms with Crippen molar-refractivity contribution in [3.63, 3.8) is 0 Å². The minimum atomic E-state index is -0.168. The van der Waals surface area contributed by atoms with E-state index >= 15 is 0 Å². The molecular weight excluding hydrogens is 377 g/mol. The lowest BCUT2D eigenvalue weighted by Gasteiger charge is -2.24. The molecule has 4 rings (SSSR count). The van der Waals surface area contributed by atoms with Crippen molar-refractivity contribution >= 4 is 5.91 Å². The van der Waals surface area contributed by atoms with E-state index in [1.54, 1.807) is 13.0 Å². The fourth-order valence-corrected chi connectivity index (χ4v) is 4.14. The normalized spacial score (nSPS) is 16.7. The Bertz CT molecular complexity index is 1030. The van der Waals surface area contributed by atoms with Gasteiger partial charge >= 0.3 is 0 Å². The van der Waals surface area contributed by atoms with Crippen LogP contribution in [0, 0.1) is 12.7 Å². The fourth-order valence-electron chi connectivity index (χ4n) is 4.14. The second kappa shape index (κ2) is 8.82. The van der Waals surface area contributed by atoms with E-state index in [1.807, 2.05) is 43.5 Å². The van der Waals surface area contributed by atoms with Crippen molar-refractivity contribution in [1.82, 2.24) is 14.9 Å². The van der Waals surface area contributed by atoms with Crippen LogP contribution in [0.25, 0.3) is 0 Å². The second-order valence-corrected chi connectivity index (χ2v) is 8.34. The summed E-state index contributed by atoms with van der Waals surface area (Å²) >= 11 is 0. The van der Waals surface area contributed by atoms with E-state index < -0.39 is 0 Å². The van der Waals surface area contributed by atoms with Crippen molar-refractivity contribution in [3.05, 3.63) is 88.8 Å². The van der Waals surface area contributed by atoms with Gasteiger partial charge < -0.3 is 9.88 Å². The van der Waals surface area contributed by atoms with Gasteiger partial charge in [-0.1, -0.05) is 42.5 Å². The van der Waals surface area contributed by atoms with Crippen LogP contribution < -0.4 is 5.32 Å². The number of nitrogens with one attached hydrogen (secondary N) is 1. The molecule has 4 nitrogen and oxygen atoms in total. The molecule has 1 N–H and O–H groups in total. The van der Waals surface area contributed by atoms with Crippen molar-refractivity contribution in [1.29, 1.82) is 0 Å². The zero-order valence-corrected chi connectivity index (χ0v) is 17.6. The van der Waals surface area contributed by atoms with E-state index in [9.17, 15) is 9.18 Å². The van der Waals surface area contributed by atoms with E-state index in [0.29, 0.717) is 17.2 Å². The average Bonchev–Trinajstić information content (AvgIpc) is 3.18. The van der Waals surface area contributed by atoms with Gasteiger partial charge in [0.2, 0.25) is 0 Å². The van der Waals surface area contributed by atoms with E-state index in [2.05, 4.69) is 27.0 Å². The Balaban J connectivity index is 1.37. The molecular formula is C25H28FN3O. The molecule has 1 aliphatic heterocycles. The third-order valence-corrected chi connectivity index (χ3v) is 5.97. The predicted octanol–water partition coefficient (Wildman–Crippen LogP) is 4.81. The molecule has 2 aromatic carbocycles. The number of imidazole rings is 1. The largest absolute Gasteiger partial charge is 0.348 e. The number of halogens is 1. The molecule has 0 aliphatic carbocycles. The molecule has 30 heavy (non-hydrogen) atoms. The van der Waals surface area contributed by atoms with Gasteiger partial charge in [0.25, 0.3) is 5.91 Å². The summed E-state index contributed by atoms with van der Waals surface area (Å²) in [6.07, 6.45) is 5.45. The SMILES string of the molecule is Cc1cc(C2CCc3nc(C(=O)NC(C)CCc4ccccc4)cn3C2)ccc1F. The minimum Gasteiger partial charge on any atom is -0.348 e. The molecule has 0 spiro atoms. The maximum absolute atomic E-state index is 13.6. The summed E-state index contributed by atoms with van der Waals surface area (Å²) in [6.45, 7) is 4.60. The monoisotopic (exact) mass is 405 g/mol. The number of hydrogen-bond acceptors (Lipinski definition) is 2. The summed E-state index contributed by atoms with van der Waals surface area (Å²) in [7, 11) is 0. The maximum atomic E-state index is 13.6. The minimum absolute atomic E-state index is 0.0753. The number of amides is 1. The van der Waals surface area contributed by atoms with Crippen LogP contribution in [0.5, 0.6) is 0 Å². The van der Waals surface area contributed by atoms with Gasteiger partial charge in [0.05, 0.1) is 0 Å². The highest BCUT2D eigenvalue weighted by Gasteiger charge is 2.24. The number of aryl methyl sites for hydroxylation is 3. The lowest BCUT2D eigenvalue weighted by Crippen LogP contribution is -2.33. The van der Waals surface area contributed by atoms with E-state index in [0.717, 1.165) is 43.6 Å². The van der Waals surface area contributed by atoms with Gasteiger partial charge in [-0.15, -0.1) is 0 Å². The smallest absolute Gasteiger partial charge is 0.271 e. The second-order valence-electron chi connectivity index (χ2n) is 8.34. The highest BCUT2D eigenvalue weighted by Crippen LogP contribution is 2.29. The Kier molecular flexibility index (Phi) is 5.98. The first-order valence-corrected chi connectivity index (χ1v) is 10.7. The third kappa shape index (κ3) is 4.61. The summed E-state index contributed by atoms with van der Waals surface area (Å²) in [4.78, 5) is 17.3. The number of carbonyl (C=O) groups excluding carboxylic acids is 1. The third-order valence-electron chi connectivity index (χ3n) is 5.97. The quantitative estimate of drug-likeness (QED) is 0.640. The number of rotatable bonds is 6. The number of aromatic nitrogens is 2. The van der Waals surface area contributed by atoms with Crippen LogP contribution in [0.4, 0.5) is 4.39 Å². The highest BCUT2D eigenvalue weighted by atomic mass is 19.1. The van der Waals surface area contributed by atoms with Crippen molar-refractivity contribution in [2.45, 2.75) is 58.0 Å². The van der Waals surface area contributed by atoms with Crippen LogP contribution in [0.1, 0.15) is 58.7 Å². The number of nitrogens with zero attached hydrogens (tertiary/aromatic N) is 2. The van der Waals surface area contributed by atoms with Crippen molar-refractivity contribution in [2.24, 2.45) is 0 Å². The summed E-state index contributed by atoms with van der Waals surface area (Å²) < 4.78 is 15.7. The Morgan fingerprint density at radius 3 is 2.83 bits per heavy atom. The van der Waals surface area contributed by atoms with Gasteiger partial charge in [-0.2, -0.15) is 0 Å². The molecule has 0 saturated carbocycles. The molecule has 2 atom stereocenters. The Hall–Kier alpha value is -2.95. The molecule has 0 fully saturated rings. The van der Waals surface area contributed by atoms with Gasteiger partial charge in [0.1, 0.15) is 17.3 Å². The fraction of sp³-hybridized carbons (Fsp3) is 0.360. The zero-order chi connectivity index (χ0) is 21.1. The number of hydrogen-bond donors (Lipinski definition) is 1. The van der Waals surface area contributed by atoms with Crippen LogP contribution in [-0.4, -0.2) is 21.5 Å². The van der Waals surface area contributed by atoms with Gasteiger partial charge in [-0.25, -0.2) is 9.37 Å². The summed E-state index contributed by atoms with van der Waals surface area (Å²) in [5.74, 6) is 0.976. The average molecular weight is 406 g/mol. The summed E-state index contributed by atoms with van der Waals surface area (Å²) in [6, 6.07) is 15.7. The molecule has 1 amide bonds. The molecule has 0 bridgehead atoms. The van der Waals surface area contributed by atoms with Gasteiger partial charge in [0, 0.05) is 31.1 Å². The summed E-state index contributed by atoms with van der Waals surface area (Å²) in [5.41, 5.74) is 3.58. The molecule has 0 radical (unpaired) electrons. The van der Waals surface area contributed by atoms with E-state index in [1.165, 1.54) is 5.56 Å². The molecule has 2 heterocycles. The molecule has 0 saturated heterocycles. The van der Waals surface area contributed by atoms with Gasteiger partial charge in [0.15, 0.2) is 0 Å². The molecule has 3 aromatic rings. The van der Waals surface area contributed by atoms with Gasteiger partial charge in [-0.3, -0.25) is 4.79 Å². The lowest BCUT2D eigenvalue weighted by atomic mass is 9.90. The van der Waals surface area contributed by atoms with Crippen LogP contribution in [-0.2, 0) is 19.4 Å². The Labute approximate surface area is 177 Å². The zero-order valence-electron chi connectivity index (χ0n) is 17.6. The molecule has 5 heteroatoms. The maximum Gasteiger partial charge on any atom is 0.271 e. The Morgan fingerprint density at radius 2 is 2.07 bits per heavy atom. The molecule has 156 valence electrons. The van der Waals surface area contributed by atoms with Crippen LogP contribution in [0.15, 0.2) is 54.7 Å². The Morgan fingerprint density at radius 1 is 1.27 bits per heavy atom. The van der Waals surface area contributed by atoms with E-state index in [-0.39, 0.29) is 17.8 Å². The standard InChI is InChI=1S/C25H28FN3O/c1-17-14-20(10-12-22(17)26)21-11-13-24-28-23(16-29(24)15-21)25(30)27-18(2)8-9-19-6-4-3-5-7-19/h3-7,10,12,14,16,18,21H,8-9,11,13,15H2,1-2H3,(H,27,30). The first kappa shape index (κ1) is 20.3. The lowest BCUT2D eigenvalue weighted by molar-refractivity contribution is 0.0933. The van der Waals surface area contributed by atoms with Crippen LogP contribution in [0.2, 0.25) is 0 Å². The number of benzene rings is 2. The predicted molar refractivity (Wildman–Crippen MR) is 116 cm³/mol. The van der Waals surface area contributed by atoms with E-state index in [4.69, 9.17) is 0 Å². The van der Waals surface area contributed by atoms with Crippen molar-refractivity contribution in [2.75, 3.05) is 0 Å². The molecule has 1 aromatic heterocycles. The first-order chi connectivity index (χ1) is 14.5. The molecule has 1 aliphatic rings. The van der Waals surface area contributed by atoms with Crippen LogP contribution >= 0.6 is 0 Å². The van der Waals surface area contributed by atoms with Crippen molar-refractivity contribution in [3.8, 4) is 0 Å². The topological polar surface area (TPSA) is 46.9 Å². The number of fused-ring (bicyclic) bond motifs is 1. The van der Waals surface area contributed by atoms with Crippen molar-refractivity contribution < 1.29 is 9.18 Å². The highest BCUT2D eigenvalue weighted by molar-refractivity contribution is 5.92. The molecule has 2 unspecified atom stereocenters.